The number of carbonyl (C=O) groups excluding carboxylic acids is 1. The number of aliphatic carboxylic acids is 1. The average molecular weight is 298 g/mol. The van der Waals surface area contributed by atoms with Crippen molar-refractivity contribution in [2.24, 2.45) is 5.92 Å². The average Bonchev–Trinajstić information content (AvgIpc) is 3.13. The van der Waals surface area contributed by atoms with Crippen LogP contribution in [-0.4, -0.2) is 27.9 Å². The standard InChI is InChI=1S/C14H13ClFNO3/c15-11-5-7(16)1-4-9(11)13-10(14(19)20)6-12(18)17(13)8-2-3-8/h1,4-5,8,10,13H,2-3,6H2,(H,19,20). The highest BCUT2D eigenvalue weighted by molar-refractivity contribution is 6.31. The van der Waals surface area contributed by atoms with Gasteiger partial charge in [0.2, 0.25) is 5.91 Å². The maximum absolute atomic E-state index is 13.2. The second-order valence-corrected chi connectivity index (χ2v) is 5.70. The predicted octanol–water partition coefficient (Wildman–Crippen LogP) is 2.62. The largest absolute Gasteiger partial charge is 0.481 e. The van der Waals surface area contributed by atoms with Gasteiger partial charge in [0.1, 0.15) is 5.82 Å². The minimum absolute atomic E-state index is 0.0236. The molecule has 1 aromatic carbocycles. The Bertz CT molecular complexity index is 588. The van der Waals surface area contributed by atoms with Gasteiger partial charge in [0.05, 0.1) is 12.0 Å². The van der Waals surface area contributed by atoms with E-state index in [1.807, 2.05) is 0 Å². The summed E-state index contributed by atoms with van der Waals surface area (Å²) in [5, 5.41) is 9.50. The monoisotopic (exact) mass is 297 g/mol. The minimum Gasteiger partial charge on any atom is -0.481 e. The molecule has 4 nitrogen and oxygen atoms in total. The molecule has 1 saturated carbocycles. The Labute approximate surface area is 120 Å². The van der Waals surface area contributed by atoms with E-state index in [0.29, 0.717) is 5.56 Å². The van der Waals surface area contributed by atoms with E-state index in [2.05, 4.69) is 0 Å². The lowest BCUT2D eigenvalue weighted by molar-refractivity contribution is -0.142. The molecule has 1 heterocycles. The zero-order valence-electron chi connectivity index (χ0n) is 10.6. The molecule has 1 aromatic rings. The van der Waals surface area contributed by atoms with E-state index in [1.165, 1.54) is 12.1 Å². The molecule has 1 aliphatic carbocycles. The number of rotatable bonds is 3. The van der Waals surface area contributed by atoms with Gasteiger partial charge in [0, 0.05) is 17.5 Å². The van der Waals surface area contributed by atoms with Crippen LogP contribution in [0.15, 0.2) is 18.2 Å². The van der Waals surface area contributed by atoms with Crippen LogP contribution in [0, 0.1) is 11.7 Å². The number of carbonyl (C=O) groups is 2. The zero-order valence-corrected chi connectivity index (χ0v) is 11.3. The highest BCUT2D eigenvalue weighted by Gasteiger charge is 2.50. The Balaban J connectivity index is 2.05. The summed E-state index contributed by atoms with van der Waals surface area (Å²) in [7, 11) is 0. The van der Waals surface area contributed by atoms with Crippen molar-refractivity contribution in [1.29, 1.82) is 0 Å². The fourth-order valence-corrected chi connectivity index (χ4v) is 3.15. The SMILES string of the molecule is O=C(O)C1CC(=O)N(C2CC2)C1c1ccc(F)cc1Cl. The molecule has 106 valence electrons. The van der Waals surface area contributed by atoms with E-state index < -0.39 is 23.7 Å². The third-order valence-corrected chi connectivity index (χ3v) is 4.23. The van der Waals surface area contributed by atoms with Gasteiger partial charge in [-0.2, -0.15) is 0 Å². The summed E-state index contributed by atoms with van der Waals surface area (Å²) in [5.41, 5.74) is 0.512. The van der Waals surface area contributed by atoms with Crippen LogP contribution in [0.5, 0.6) is 0 Å². The number of nitrogens with zero attached hydrogens (tertiary/aromatic N) is 1. The van der Waals surface area contributed by atoms with Crippen molar-refractivity contribution in [1.82, 2.24) is 4.90 Å². The van der Waals surface area contributed by atoms with Gasteiger partial charge in [0.15, 0.2) is 0 Å². The van der Waals surface area contributed by atoms with Crippen molar-refractivity contribution in [2.75, 3.05) is 0 Å². The topological polar surface area (TPSA) is 57.6 Å². The molecule has 0 radical (unpaired) electrons. The fourth-order valence-electron chi connectivity index (χ4n) is 2.87. The number of hydrogen-bond donors (Lipinski definition) is 1. The smallest absolute Gasteiger partial charge is 0.309 e. The third-order valence-electron chi connectivity index (χ3n) is 3.90. The van der Waals surface area contributed by atoms with Crippen LogP contribution < -0.4 is 0 Å². The van der Waals surface area contributed by atoms with Gasteiger partial charge in [-0.15, -0.1) is 0 Å². The molecule has 20 heavy (non-hydrogen) atoms. The Morgan fingerprint density at radius 1 is 1.40 bits per heavy atom. The molecule has 2 aliphatic rings. The van der Waals surface area contributed by atoms with Crippen LogP contribution in [-0.2, 0) is 9.59 Å². The lowest BCUT2D eigenvalue weighted by atomic mass is 9.93. The summed E-state index contributed by atoms with van der Waals surface area (Å²) in [6, 6.07) is 3.38. The molecule has 0 aromatic heterocycles. The summed E-state index contributed by atoms with van der Waals surface area (Å²) in [6.07, 6.45) is 1.74. The summed E-state index contributed by atoms with van der Waals surface area (Å²) in [5.74, 6) is -2.49. The van der Waals surface area contributed by atoms with Gasteiger partial charge >= 0.3 is 5.97 Å². The zero-order chi connectivity index (χ0) is 14.4. The summed E-state index contributed by atoms with van der Waals surface area (Å²) in [6.45, 7) is 0. The van der Waals surface area contributed by atoms with Crippen molar-refractivity contribution < 1.29 is 19.1 Å². The van der Waals surface area contributed by atoms with E-state index in [9.17, 15) is 19.1 Å². The summed E-state index contributed by atoms with van der Waals surface area (Å²) in [4.78, 5) is 25.1. The molecule has 2 fully saturated rings. The van der Waals surface area contributed by atoms with Crippen molar-refractivity contribution in [3.8, 4) is 0 Å². The van der Waals surface area contributed by atoms with E-state index >= 15 is 0 Å². The van der Waals surface area contributed by atoms with Crippen molar-refractivity contribution in [2.45, 2.75) is 31.3 Å². The van der Waals surface area contributed by atoms with Crippen molar-refractivity contribution in [3.63, 3.8) is 0 Å². The van der Waals surface area contributed by atoms with Gasteiger partial charge in [-0.3, -0.25) is 9.59 Å². The van der Waals surface area contributed by atoms with Crippen LogP contribution in [0.3, 0.4) is 0 Å². The minimum atomic E-state index is -1.02. The number of carboxylic acid groups (broad SMARTS) is 1. The Morgan fingerprint density at radius 3 is 2.65 bits per heavy atom. The number of likely N-dealkylation sites (tertiary alicyclic amines) is 1. The van der Waals surface area contributed by atoms with Crippen molar-refractivity contribution >= 4 is 23.5 Å². The molecule has 1 amide bonds. The Kier molecular flexibility index (Phi) is 3.17. The summed E-state index contributed by atoms with van der Waals surface area (Å²) >= 11 is 6.05. The Morgan fingerprint density at radius 2 is 2.10 bits per heavy atom. The molecule has 1 saturated heterocycles. The fraction of sp³-hybridized carbons (Fsp3) is 0.429. The second kappa shape index (κ2) is 4.74. The normalized spacial score (nSPS) is 26.1. The lowest BCUT2D eigenvalue weighted by Crippen LogP contribution is -2.32. The molecule has 6 heteroatoms. The van der Waals surface area contributed by atoms with Crippen LogP contribution in [0.4, 0.5) is 4.39 Å². The molecular formula is C14H13ClFNO3. The molecule has 2 unspecified atom stereocenters. The predicted molar refractivity (Wildman–Crippen MR) is 69.8 cm³/mol. The Hall–Kier alpha value is -1.62. The second-order valence-electron chi connectivity index (χ2n) is 5.29. The van der Waals surface area contributed by atoms with Crippen LogP contribution in [0.1, 0.15) is 30.9 Å². The highest BCUT2D eigenvalue weighted by Crippen LogP contribution is 2.46. The molecule has 1 N–H and O–H groups in total. The lowest BCUT2D eigenvalue weighted by Gasteiger charge is -2.28. The molecule has 1 aliphatic heterocycles. The summed E-state index contributed by atoms with van der Waals surface area (Å²) < 4.78 is 13.2. The van der Waals surface area contributed by atoms with Crippen LogP contribution >= 0.6 is 11.6 Å². The van der Waals surface area contributed by atoms with Gasteiger partial charge in [-0.1, -0.05) is 17.7 Å². The molecular weight excluding hydrogens is 285 g/mol. The third kappa shape index (κ3) is 2.16. The maximum atomic E-state index is 13.2. The molecule has 2 atom stereocenters. The van der Waals surface area contributed by atoms with Gasteiger partial charge in [0.25, 0.3) is 0 Å². The van der Waals surface area contributed by atoms with E-state index in [1.54, 1.807) is 4.90 Å². The number of carboxylic acids is 1. The highest BCUT2D eigenvalue weighted by atomic mass is 35.5. The number of benzene rings is 1. The maximum Gasteiger partial charge on any atom is 0.309 e. The van der Waals surface area contributed by atoms with E-state index in [-0.39, 0.29) is 23.4 Å². The first-order valence-electron chi connectivity index (χ1n) is 6.48. The van der Waals surface area contributed by atoms with Crippen LogP contribution in [0.2, 0.25) is 5.02 Å². The first-order valence-corrected chi connectivity index (χ1v) is 6.85. The first kappa shape index (κ1) is 13.4. The molecule has 3 rings (SSSR count). The quantitative estimate of drug-likeness (QED) is 0.933. The molecule has 0 bridgehead atoms. The number of hydrogen-bond acceptors (Lipinski definition) is 2. The van der Waals surface area contributed by atoms with Crippen molar-refractivity contribution in [3.05, 3.63) is 34.6 Å². The van der Waals surface area contributed by atoms with E-state index in [4.69, 9.17) is 11.6 Å². The van der Waals surface area contributed by atoms with Crippen LogP contribution in [0.25, 0.3) is 0 Å². The van der Waals surface area contributed by atoms with Gasteiger partial charge in [-0.25, -0.2) is 4.39 Å². The van der Waals surface area contributed by atoms with Gasteiger partial charge in [-0.05, 0) is 30.5 Å². The number of amides is 1. The van der Waals surface area contributed by atoms with Gasteiger partial charge < -0.3 is 10.0 Å². The first-order chi connectivity index (χ1) is 9.49. The van der Waals surface area contributed by atoms with E-state index in [0.717, 1.165) is 18.9 Å². The molecule has 0 spiro atoms. The number of halogens is 2.